The molecule has 0 bridgehead atoms. The molecule has 1 aromatic carbocycles. The average Bonchev–Trinajstić information content (AvgIpc) is 3.36. The molecule has 2 aliphatic rings. The number of anilines is 4. The summed E-state index contributed by atoms with van der Waals surface area (Å²) < 4.78 is 4.05. The van der Waals surface area contributed by atoms with Gasteiger partial charge in [-0.2, -0.15) is 0 Å². The molecule has 0 spiro atoms. The van der Waals surface area contributed by atoms with Crippen molar-refractivity contribution in [3.05, 3.63) is 10.4 Å². The van der Waals surface area contributed by atoms with E-state index in [4.69, 9.17) is 22.9 Å². The Labute approximate surface area is 169 Å². The van der Waals surface area contributed by atoms with Crippen molar-refractivity contribution in [3.8, 4) is 0 Å². The monoisotopic (exact) mass is 586 g/mol. The van der Waals surface area contributed by atoms with Gasteiger partial charge in [-0.05, 0) is 0 Å². The summed E-state index contributed by atoms with van der Waals surface area (Å²) in [5.74, 6) is 1.11. The number of fused-ring (bicyclic) bond motifs is 2. The van der Waals surface area contributed by atoms with Gasteiger partial charge in [0.2, 0.25) is 0 Å². The van der Waals surface area contributed by atoms with Gasteiger partial charge in [0.05, 0.1) is 0 Å². The van der Waals surface area contributed by atoms with Crippen molar-refractivity contribution in [1.82, 2.24) is 12.0 Å². The number of rotatable bonds is 4. The van der Waals surface area contributed by atoms with Crippen LogP contribution in [-0.2, 0) is 0 Å². The molecule has 1 saturated heterocycles. The van der Waals surface area contributed by atoms with E-state index < -0.39 is 16.1 Å². The minimum atomic E-state index is -1.41. The van der Waals surface area contributed by atoms with E-state index in [0.717, 1.165) is 22.7 Å². The third kappa shape index (κ3) is 2.95. The topological polar surface area (TPSA) is 131 Å². The molecule has 0 amide bonds. The Kier molecular flexibility index (Phi) is 4.88. The summed E-state index contributed by atoms with van der Waals surface area (Å²) in [6.07, 6.45) is 0.982. The molecule has 9 heteroatoms. The molecule has 0 radical (unpaired) electrons. The zero-order valence-corrected chi connectivity index (χ0v) is 20.5. The first-order valence-electron chi connectivity index (χ1n) is 8.61. The van der Waals surface area contributed by atoms with Gasteiger partial charge >= 0.3 is 170 Å². The van der Waals surface area contributed by atoms with Crippen molar-refractivity contribution < 1.29 is 17.5 Å². The van der Waals surface area contributed by atoms with Gasteiger partial charge in [0.15, 0.2) is 0 Å². The Morgan fingerprint density at radius 2 is 1.50 bits per heavy atom. The van der Waals surface area contributed by atoms with Crippen molar-refractivity contribution in [2.45, 2.75) is 52.1 Å². The molecule has 0 saturated carbocycles. The minimum absolute atomic E-state index is 0.0157. The zero-order valence-electron chi connectivity index (χ0n) is 16.2. The van der Waals surface area contributed by atoms with Gasteiger partial charge in [-0.15, -0.1) is 0 Å². The molecule has 10 N–H and O–H groups in total. The molecule has 148 valence electrons. The second kappa shape index (κ2) is 6.36. The molecule has 26 heavy (non-hydrogen) atoms. The molecule has 2 aliphatic heterocycles. The number of nitrogens with one attached hydrogen (secondary N) is 2. The van der Waals surface area contributed by atoms with E-state index in [9.17, 15) is 0 Å². The summed E-state index contributed by atoms with van der Waals surface area (Å²) in [4.78, 5) is 0. The van der Waals surface area contributed by atoms with Gasteiger partial charge in [0, 0.05) is 0 Å². The predicted molar refractivity (Wildman–Crippen MR) is 117 cm³/mol. The van der Waals surface area contributed by atoms with Crippen LogP contribution in [-0.4, -0.2) is 19.5 Å². The fraction of sp³-hybridized carbons (Fsp3) is 0.529. The number of halogens is 2. The van der Waals surface area contributed by atoms with Crippen LogP contribution in [0.2, 0.25) is 0 Å². The van der Waals surface area contributed by atoms with Crippen LogP contribution >= 0.6 is 16.1 Å². The normalized spacial score (nSPS) is 20.1. The van der Waals surface area contributed by atoms with E-state index in [-0.39, 0.29) is 28.6 Å². The zero-order chi connectivity index (χ0) is 19.6. The SMILES string of the molecule is CCC(C)(NC)C1=c2c(N)c(N)c(N)c(N)c2=C(NC(C)(C)C)N2[I-]I12. The average molecular weight is 586 g/mol. The standard InChI is InChI=1S/C17H30I2N7/c1-7-17(5,24-6)14-8-9(11(21)13(23)12(22)10(8)20)15(25-16(2,3)4)26-18-19(14)26/h24-25H,7,20-23H2,1-6H3/q-1. The first-order chi connectivity index (χ1) is 12.0. The van der Waals surface area contributed by atoms with Gasteiger partial charge in [-0.3, -0.25) is 0 Å². The summed E-state index contributed by atoms with van der Waals surface area (Å²) in [6.45, 7) is 10.9. The molecule has 2 heterocycles. The van der Waals surface area contributed by atoms with Crippen LogP contribution in [0.25, 0.3) is 9.40 Å². The Balaban J connectivity index is 2.54. The van der Waals surface area contributed by atoms with Crippen molar-refractivity contribution in [3.63, 3.8) is 0 Å². The summed E-state index contributed by atoms with van der Waals surface area (Å²) in [7, 11) is 2.02. The van der Waals surface area contributed by atoms with E-state index in [1.54, 1.807) is 0 Å². The quantitative estimate of drug-likeness (QED) is 0.101. The molecule has 1 atom stereocenters. The van der Waals surface area contributed by atoms with E-state index in [2.05, 4.69) is 46.6 Å². The van der Waals surface area contributed by atoms with Gasteiger partial charge in [0.1, 0.15) is 0 Å². The number of nitrogen functional groups attached to an aromatic ring is 4. The van der Waals surface area contributed by atoms with Crippen molar-refractivity contribution in [2.24, 2.45) is 0 Å². The first kappa shape index (κ1) is 19.9. The van der Waals surface area contributed by atoms with Crippen LogP contribution in [0.3, 0.4) is 0 Å². The van der Waals surface area contributed by atoms with Gasteiger partial charge < -0.3 is 0 Å². The van der Waals surface area contributed by atoms with Crippen LogP contribution < -0.4 is 61.5 Å². The van der Waals surface area contributed by atoms with E-state index in [1.807, 2.05) is 7.05 Å². The molecule has 0 aromatic heterocycles. The maximum absolute atomic E-state index is 6.54. The summed E-state index contributed by atoms with van der Waals surface area (Å²) in [5.41, 5.74) is 27.2. The van der Waals surface area contributed by atoms with Crippen LogP contribution in [0, 0.1) is 0 Å². The predicted octanol–water partition coefficient (Wildman–Crippen LogP) is -2.36. The molecule has 0 aliphatic carbocycles. The van der Waals surface area contributed by atoms with Gasteiger partial charge in [0.25, 0.3) is 0 Å². The molecular formula is C17H30I2N7-. The molecular weight excluding hydrogens is 556 g/mol. The number of nitrogens with zero attached hydrogens (tertiary/aromatic N) is 1. The Bertz CT molecular complexity index is 884. The van der Waals surface area contributed by atoms with E-state index in [1.165, 1.54) is 3.58 Å². The van der Waals surface area contributed by atoms with Gasteiger partial charge in [-0.1, -0.05) is 0 Å². The maximum atomic E-state index is 6.54. The second-order valence-electron chi connectivity index (χ2n) is 7.89. The fourth-order valence-corrected chi connectivity index (χ4v) is 21.9. The van der Waals surface area contributed by atoms with E-state index in [0.29, 0.717) is 22.7 Å². The Morgan fingerprint density at radius 1 is 0.962 bits per heavy atom. The van der Waals surface area contributed by atoms with Crippen molar-refractivity contribution in [2.75, 3.05) is 30.0 Å². The number of nitrogens with two attached hydrogens (primary N) is 4. The Hall–Kier alpha value is -0.820. The first-order valence-corrected chi connectivity index (χ1v) is 17.9. The molecule has 3 rings (SSSR count). The van der Waals surface area contributed by atoms with Crippen LogP contribution in [0.15, 0.2) is 0 Å². The van der Waals surface area contributed by atoms with Crippen molar-refractivity contribution in [1.29, 1.82) is 0 Å². The number of benzene rings is 1. The molecule has 1 unspecified atom stereocenters. The second-order valence-corrected chi connectivity index (χ2v) is 22.0. The van der Waals surface area contributed by atoms with E-state index >= 15 is 0 Å². The Morgan fingerprint density at radius 3 is 1.96 bits per heavy atom. The van der Waals surface area contributed by atoms with Crippen LogP contribution in [0.5, 0.6) is 0 Å². The van der Waals surface area contributed by atoms with Gasteiger partial charge in [-0.25, -0.2) is 0 Å². The number of hydrogen-bond donors (Lipinski definition) is 6. The summed E-state index contributed by atoms with van der Waals surface area (Å²) in [5, 5.41) is 9.19. The molecule has 1 fully saturated rings. The third-order valence-electron chi connectivity index (χ3n) is 4.91. The van der Waals surface area contributed by atoms with Crippen LogP contribution in [0.1, 0.15) is 41.0 Å². The van der Waals surface area contributed by atoms with Crippen LogP contribution in [0.4, 0.5) is 22.7 Å². The third-order valence-corrected chi connectivity index (χ3v) is 19.9. The summed E-state index contributed by atoms with van der Waals surface area (Å²) >= 11 is -1.43. The molecule has 1 aromatic rings. The van der Waals surface area contributed by atoms with Crippen molar-refractivity contribution >= 4 is 48.3 Å². The fourth-order valence-electron chi connectivity index (χ4n) is 3.07. The summed E-state index contributed by atoms with van der Waals surface area (Å²) in [6, 6.07) is 0. The molecule has 7 nitrogen and oxygen atoms in total. The number of hydrogen-bond acceptors (Lipinski definition) is 7.